The molecule has 0 aromatic rings. The highest BCUT2D eigenvalue weighted by Crippen LogP contribution is 2.72. The maximum Gasteiger partial charge on any atom is 0.333 e. The van der Waals surface area contributed by atoms with E-state index in [1.807, 2.05) is 20.8 Å². The summed E-state index contributed by atoms with van der Waals surface area (Å²) in [5.41, 5.74) is -0.393. The summed E-state index contributed by atoms with van der Waals surface area (Å²) in [7, 11) is 1.61. The van der Waals surface area contributed by atoms with Crippen molar-refractivity contribution in [3.05, 3.63) is 35.5 Å². The fourth-order valence-corrected chi connectivity index (χ4v) is 8.77. The van der Waals surface area contributed by atoms with Gasteiger partial charge < -0.3 is 14.2 Å². The van der Waals surface area contributed by atoms with Crippen LogP contribution < -0.4 is 0 Å². The highest BCUT2D eigenvalue weighted by molar-refractivity contribution is 5.96. The highest BCUT2D eigenvalue weighted by Gasteiger charge is 2.71. The molecule has 1 heterocycles. The molecule has 1 aliphatic heterocycles. The molecule has 4 aliphatic rings. The largest absolute Gasteiger partial charge is 0.462 e. The second-order valence-corrected chi connectivity index (χ2v) is 12.9. The number of methoxy groups -OCH3 is 1. The zero-order valence-corrected chi connectivity index (χ0v) is 24.0. The lowest BCUT2D eigenvalue weighted by atomic mass is 9.37. The van der Waals surface area contributed by atoms with Gasteiger partial charge in [0, 0.05) is 30.9 Å². The van der Waals surface area contributed by atoms with Gasteiger partial charge in [-0.05, 0) is 74.0 Å². The first-order chi connectivity index (χ1) is 17.1. The number of hydrogen-bond acceptors (Lipinski definition) is 6. The second kappa shape index (κ2) is 8.93. The van der Waals surface area contributed by atoms with Crippen LogP contribution in [0.2, 0.25) is 0 Å². The molecule has 0 radical (unpaired) electrons. The molecule has 4 rings (SSSR count). The molecule has 0 amide bonds. The molecule has 37 heavy (non-hydrogen) atoms. The van der Waals surface area contributed by atoms with Crippen molar-refractivity contribution in [3.63, 3.8) is 0 Å². The van der Waals surface area contributed by atoms with Crippen molar-refractivity contribution in [2.45, 2.75) is 99.4 Å². The third kappa shape index (κ3) is 3.65. The molecule has 3 aliphatic carbocycles. The van der Waals surface area contributed by atoms with Crippen LogP contribution in [0.3, 0.4) is 0 Å². The van der Waals surface area contributed by atoms with E-state index in [0.29, 0.717) is 6.42 Å². The number of fused-ring (bicyclic) bond motifs is 5. The summed E-state index contributed by atoms with van der Waals surface area (Å²) < 4.78 is 18.4. The molecule has 2 fully saturated rings. The lowest BCUT2D eigenvalue weighted by molar-refractivity contribution is -0.264. The lowest BCUT2D eigenvalue weighted by Crippen LogP contribution is -2.68. The number of cyclic esters (lactones) is 1. The maximum absolute atomic E-state index is 13.3. The first-order valence-electron chi connectivity index (χ1n) is 13.7. The van der Waals surface area contributed by atoms with Gasteiger partial charge in [0.1, 0.15) is 6.10 Å². The predicted molar refractivity (Wildman–Crippen MR) is 141 cm³/mol. The number of ether oxygens (including phenoxy) is 3. The Hall–Kier alpha value is -2.21. The maximum atomic E-state index is 13.3. The topological polar surface area (TPSA) is 78.9 Å². The lowest BCUT2D eigenvalue weighted by Gasteiger charge is -2.68. The molecule has 204 valence electrons. The van der Waals surface area contributed by atoms with Crippen LogP contribution in [0.1, 0.15) is 87.5 Å². The zero-order chi connectivity index (χ0) is 27.6. The Morgan fingerprint density at radius 1 is 1.14 bits per heavy atom. The molecule has 2 saturated carbocycles. The van der Waals surface area contributed by atoms with E-state index in [4.69, 9.17) is 14.2 Å². The molecule has 0 saturated heterocycles. The van der Waals surface area contributed by atoms with Crippen molar-refractivity contribution >= 4 is 17.7 Å². The standard InChI is InChI=1S/C31H44O6/c1-10-11-12-19(2)31(35-9)29(7)16-13-21-28(6)15-14-24(33)27(4,5)22(28)17-25(36-20(3)32)30(21,8)23(29)18-26(34)37-31/h12,14-15,18,21-22,25H,10-11,13,16-17H2,1-9H3. The van der Waals surface area contributed by atoms with E-state index in [0.717, 1.165) is 36.8 Å². The summed E-state index contributed by atoms with van der Waals surface area (Å²) in [5, 5.41) is 0. The number of rotatable bonds is 5. The van der Waals surface area contributed by atoms with Gasteiger partial charge in [0.2, 0.25) is 5.79 Å². The highest BCUT2D eigenvalue weighted by atomic mass is 16.7. The van der Waals surface area contributed by atoms with Crippen LogP contribution in [-0.4, -0.2) is 36.7 Å². The number of unbranched alkanes of at least 4 members (excludes halogenated alkanes) is 1. The number of carbonyl (C=O) groups is 3. The summed E-state index contributed by atoms with van der Waals surface area (Å²) in [6.07, 6.45) is 11.0. The van der Waals surface area contributed by atoms with Gasteiger partial charge in [0.25, 0.3) is 0 Å². The van der Waals surface area contributed by atoms with E-state index in [2.05, 4.69) is 39.8 Å². The fourth-order valence-electron chi connectivity index (χ4n) is 8.77. The average Bonchev–Trinajstić information content (AvgIpc) is 2.82. The van der Waals surface area contributed by atoms with Crippen LogP contribution in [0.25, 0.3) is 0 Å². The molecular formula is C31H44O6. The van der Waals surface area contributed by atoms with Crippen molar-refractivity contribution in [2.75, 3.05) is 7.11 Å². The zero-order valence-electron chi connectivity index (χ0n) is 24.0. The molecule has 7 atom stereocenters. The number of hydrogen-bond donors (Lipinski definition) is 0. The Morgan fingerprint density at radius 3 is 2.41 bits per heavy atom. The summed E-state index contributed by atoms with van der Waals surface area (Å²) in [4.78, 5) is 38.8. The van der Waals surface area contributed by atoms with Crippen molar-refractivity contribution in [2.24, 2.45) is 33.5 Å². The molecule has 0 bridgehead atoms. The van der Waals surface area contributed by atoms with Crippen molar-refractivity contribution in [1.29, 1.82) is 0 Å². The number of carbonyl (C=O) groups excluding carboxylic acids is 3. The monoisotopic (exact) mass is 512 g/mol. The van der Waals surface area contributed by atoms with E-state index in [9.17, 15) is 14.4 Å². The van der Waals surface area contributed by atoms with E-state index < -0.39 is 34.1 Å². The molecule has 0 aromatic heterocycles. The summed E-state index contributed by atoms with van der Waals surface area (Å²) in [6.45, 7) is 16.1. The molecule has 0 spiro atoms. The van der Waals surface area contributed by atoms with Crippen LogP contribution in [0.15, 0.2) is 35.5 Å². The average molecular weight is 513 g/mol. The van der Waals surface area contributed by atoms with Gasteiger partial charge in [-0.25, -0.2) is 4.79 Å². The summed E-state index contributed by atoms with van der Waals surface area (Å²) >= 11 is 0. The van der Waals surface area contributed by atoms with Gasteiger partial charge in [-0.2, -0.15) is 0 Å². The van der Waals surface area contributed by atoms with Crippen LogP contribution >= 0.6 is 0 Å². The normalized spacial score (nSPS) is 42.7. The summed E-state index contributed by atoms with van der Waals surface area (Å²) in [5.74, 6) is -1.88. The Balaban J connectivity index is 1.96. The van der Waals surface area contributed by atoms with Gasteiger partial charge >= 0.3 is 11.9 Å². The van der Waals surface area contributed by atoms with E-state index in [1.165, 1.54) is 6.92 Å². The first kappa shape index (κ1) is 27.8. The van der Waals surface area contributed by atoms with Gasteiger partial charge in [0.15, 0.2) is 5.78 Å². The van der Waals surface area contributed by atoms with Crippen molar-refractivity contribution < 1.29 is 28.6 Å². The molecule has 0 N–H and O–H groups in total. The van der Waals surface area contributed by atoms with Gasteiger partial charge in [-0.3, -0.25) is 9.59 Å². The number of allylic oxidation sites excluding steroid dienone is 3. The molecule has 6 heteroatoms. The fraction of sp³-hybridized carbons (Fsp3) is 0.710. The Kier molecular flexibility index (Phi) is 6.71. The Bertz CT molecular complexity index is 1100. The van der Waals surface area contributed by atoms with Crippen LogP contribution in [-0.2, 0) is 28.6 Å². The van der Waals surface area contributed by atoms with Crippen LogP contribution in [0.5, 0.6) is 0 Å². The minimum Gasteiger partial charge on any atom is -0.462 e. The number of ketones is 1. The Labute approximate surface area is 221 Å². The number of esters is 2. The van der Waals surface area contributed by atoms with E-state index in [-0.39, 0.29) is 29.0 Å². The quantitative estimate of drug-likeness (QED) is 0.327. The Morgan fingerprint density at radius 2 is 1.81 bits per heavy atom. The summed E-state index contributed by atoms with van der Waals surface area (Å²) in [6, 6.07) is 0. The van der Waals surface area contributed by atoms with Crippen molar-refractivity contribution in [3.8, 4) is 0 Å². The molecular weight excluding hydrogens is 468 g/mol. The predicted octanol–water partition coefficient (Wildman–Crippen LogP) is 6.10. The third-order valence-electron chi connectivity index (χ3n) is 10.6. The minimum atomic E-state index is -1.24. The van der Waals surface area contributed by atoms with E-state index in [1.54, 1.807) is 19.3 Å². The van der Waals surface area contributed by atoms with E-state index >= 15 is 0 Å². The van der Waals surface area contributed by atoms with Crippen molar-refractivity contribution in [1.82, 2.24) is 0 Å². The third-order valence-corrected chi connectivity index (χ3v) is 10.6. The first-order valence-corrected chi connectivity index (χ1v) is 13.7. The molecule has 7 unspecified atom stereocenters. The molecule has 6 nitrogen and oxygen atoms in total. The minimum absolute atomic E-state index is 0.00112. The van der Waals surface area contributed by atoms with Gasteiger partial charge in [-0.1, -0.05) is 53.2 Å². The molecule has 0 aromatic carbocycles. The van der Waals surface area contributed by atoms with Crippen LogP contribution in [0.4, 0.5) is 0 Å². The van der Waals surface area contributed by atoms with Gasteiger partial charge in [0.05, 0.1) is 5.41 Å². The SMILES string of the molecule is CCCC=C(C)C1(OC)OC(=O)C=C2C3(C)C(OC(C)=O)CC4C(C)(C)C(=O)C=CC4(C)C3CCC21C. The van der Waals surface area contributed by atoms with Gasteiger partial charge in [-0.15, -0.1) is 0 Å². The smallest absolute Gasteiger partial charge is 0.333 e. The van der Waals surface area contributed by atoms with Crippen LogP contribution in [0, 0.1) is 33.5 Å². The second-order valence-electron chi connectivity index (χ2n) is 12.9.